The number of benzene rings is 1. The van der Waals surface area contributed by atoms with Crippen molar-refractivity contribution in [3.8, 4) is 5.75 Å². The molecule has 1 aliphatic rings. The quantitative estimate of drug-likeness (QED) is 0.904. The molecule has 1 aliphatic carbocycles. The number of hydrogen-bond acceptors (Lipinski definition) is 2. The molecular weight excluding hydrogens is 266 g/mol. The van der Waals surface area contributed by atoms with Gasteiger partial charge in [0.2, 0.25) is 0 Å². The van der Waals surface area contributed by atoms with Crippen molar-refractivity contribution in [1.82, 2.24) is 0 Å². The molecule has 0 spiro atoms. The summed E-state index contributed by atoms with van der Waals surface area (Å²) in [5, 5.41) is 0. The van der Waals surface area contributed by atoms with Gasteiger partial charge in [0.15, 0.2) is 0 Å². The second-order valence-electron chi connectivity index (χ2n) is 4.75. The minimum atomic E-state index is -0.156. The standard InChI is InChI=1S/C13H18BrNO/c1-7-8(2)12(16-4)10(9(3)11(7)14)13(15)5-6-13/h5-6,15H2,1-4H3. The zero-order valence-electron chi connectivity index (χ0n) is 10.3. The molecule has 0 amide bonds. The minimum absolute atomic E-state index is 0.156. The van der Waals surface area contributed by atoms with Crippen molar-refractivity contribution in [1.29, 1.82) is 0 Å². The number of methoxy groups -OCH3 is 1. The molecule has 1 aromatic carbocycles. The van der Waals surface area contributed by atoms with Crippen molar-refractivity contribution in [2.45, 2.75) is 39.2 Å². The molecule has 1 aromatic rings. The smallest absolute Gasteiger partial charge is 0.127 e. The molecule has 88 valence electrons. The van der Waals surface area contributed by atoms with Crippen molar-refractivity contribution in [2.75, 3.05) is 7.11 Å². The Kier molecular flexibility index (Phi) is 2.79. The van der Waals surface area contributed by atoms with E-state index in [1.165, 1.54) is 22.3 Å². The van der Waals surface area contributed by atoms with Gasteiger partial charge in [0, 0.05) is 15.6 Å². The molecule has 2 N–H and O–H groups in total. The highest BCUT2D eigenvalue weighted by Crippen LogP contribution is 2.51. The van der Waals surface area contributed by atoms with E-state index in [0.29, 0.717) is 0 Å². The predicted octanol–water partition coefficient (Wildman–Crippen LogP) is 3.33. The van der Waals surface area contributed by atoms with E-state index in [4.69, 9.17) is 10.5 Å². The van der Waals surface area contributed by atoms with Crippen LogP contribution in [0.4, 0.5) is 0 Å². The molecule has 0 aliphatic heterocycles. The Labute approximate surface area is 105 Å². The Morgan fingerprint density at radius 1 is 1.12 bits per heavy atom. The van der Waals surface area contributed by atoms with Crippen LogP contribution in [0, 0.1) is 20.8 Å². The number of halogens is 1. The predicted molar refractivity (Wildman–Crippen MR) is 70.0 cm³/mol. The molecule has 3 heteroatoms. The Bertz CT molecular complexity index is 450. The maximum atomic E-state index is 6.33. The summed E-state index contributed by atoms with van der Waals surface area (Å²) in [5.74, 6) is 0.971. The van der Waals surface area contributed by atoms with Crippen LogP contribution in [0.1, 0.15) is 35.1 Å². The van der Waals surface area contributed by atoms with E-state index in [-0.39, 0.29) is 5.54 Å². The largest absolute Gasteiger partial charge is 0.496 e. The molecule has 1 saturated carbocycles. The Morgan fingerprint density at radius 3 is 2.12 bits per heavy atom. The summed E-state index contributed by atoms with van der Waals surface area (Å²) in [6.07, 6.45) is 2.11. The van der Waals surface area contributed by atoms with E-state index in [2.05, 4.69) is 36.7 Å². The summed E-state index contributed by atoms with van der Waals surface area (Å²) in [7, 11) is 1.73. The van der Waals surface area contributed by atoms with Gasteiger partial charge in [-0.05, 0) is 50.3 Å². The van der Waals surface area contributed by atoms with E-state index < -0.39 is 0 Å². The van der Waals surface area contributed by atoms with Crippen LogP contribution < -0.4 is 10.5 Å². The summed E-state index contributed by atoms with van der Waals surface area (Å²) in [5.41, 5.74) is 11.0. The highest BCUT2D eigenvalue weighted by Gasteiger charge is 2.44. The van der Waals surface area contributed by atoms with Gasteiger partial charge >= 0.3 is 0 Å². The monoisotopic (exact) mass is 283 g/mol. The minimum Gasteiger partial charge on any atom is -0.496 e. The SMILES string of the molecule is COc1c(C)c(C)c(Br)c(C)c1C1(N)CC1. The molecule has 0 atom stereocenters. The highest BCUT2D eigenvalue weighted by molar-refractivity contribution is 9.10. The first-order chi connectivity index (χ1) is 7.42. The third kappa shape index (κ3) is 1.57. The van der Waals surface area contributed by atoms with Crippen LogP contribution in [0.15, 0.2) is 4.47 Å². The van der Waals surface area contributed by atoms with Gasteiger partial charge in [-0.25, -0.2) is 0 Å². The fourth-order valence-corrected chi connectivity index (χ4v) is 2.82. The lowest BCUT2D eigenvalue weighted by Crippen LogP contribution is -2.22. The van der Waals surface area contributed by atoms with E-state index >= 15 is 0 Å². The number of rotatable bonds is 2. The van der Waals surface area contributed by atoms with Gasteiger partial charge in [-0.1, -0.05) is 15.9 Å². The van der Waals surface area contributed by atoms with Gasteiger partial charge in [0.25, 0.3) is 0 Å². The van der Waals surface area contributed by atoms with Crippen LogP contribution in [0.5, 0.6) is 5.75 Å². The molecule has 0 radical (unpaired) electrons. The summed E-state index contributed by atoms with van der Waals surface area (Å²) in [6, 6.07) is 0. The maximum absolute atomic E-state index is 6.33. The second-order valence-corrected chi connectivity index (χ2v) is 5.55. The zero-order chi connectivity index (χ0) is 12.1. The fourth-order valence-electron chi connectivity index (χ4n) is 2.32. The van der Waals surface area contributed by atoms with Crippen molar-refractivity contribution in [3.05, 3.63) is 26.7 Å². The Morgan fingerprint density at radius 2 is 1.69 bits per heavy atom. The van der Waals surface area contributed by atoms with Crippen molar-refractivity contribution in [2.24, 2.45) is 5.73 Å². The lowest BCUT2D eigenvalue weighted by molar-refractivity contribution is 0.400. The number of nitrogens with two attached hydrogens (primary N) is 1. The lowest BCUT2D eigenvalue weighted by Gasteiger charge is -2.22. The third-order valence-electron chi connectivity index (χ3n) is 3.65. The van der Waals surface area contributed by atoms with Gasteiger partial charge in [0.1, 0.15) is 5.75 Å². The topological polar surface area (TPSA) is 35.2 Å². The van der Waals surface area contributed by atoms with Crippen LogP contribution in [-0.2, 0) is 5.54 Å². The summed E-state index contributed by atoms with van der Waals surface area (Å²) < 4.78 is 6.72. The zero-order valence-corrected chi connectivity index (χ0v) is 11.9. The van der Waals surface area contributed by atoms with Crippen molar-refractivity contribution < 1.29 is 4.74 Å². The van der Waals surface area contributed by atoms with Gasteiger partial charge in [-0.3, -0.25) is 0 Å². The average Bonchev–Trinajstić information content (AvgIpc) is 2.99. The van der Waals surface area contributed by atoms with Crippen LogP contribution in [-0.4, -0.2) is 7.11 Å². The van der Waals surface area contributed by atoms with Crippen molar-refractivity contribution >= 4 is 15.9 Å². The number of ether oxygens (including phenoxy) is 1. The van der Waals surface area contributed by atoms with Gasteiger partial charge in [-0.2, -0.15) is 0 Å². The first-order valence-electron chi connectivity index (χ1n) is 5.55. The van der Waals surface area contributed by atoms with Crippen LogP contribution >= 0.6 is 15.9 Å². The number of hydrogen-bond donors (Lipinski definition) is 1. The Balaban J connectivity index is 2.75. The average molecular weight is 284 g/mol. The van der Waals surface area contributed by atoms with Gasteiger partial charge in [-0.15, -0.1) is 0 Å². The molecule has 0 aromatic heterocycles. The summed E-state index contributed by atoms with van der Waals surface area (Å²) in [4.78, 5) is 0. The summed E-state index contributed by atoms with van der Waals surface area (Å²) in [6.45, 7) is 6.31. The second kappa shape index (κ2) is 3.74. The lowest BCUT2D eigenvalue weighted by atomic mass is 9.93. The maximum Gasteiger partial charge on any atom is 0.127 e. The molecule has 1 fully saturated rings. The van der Waals surface area contributed by atoms with Gasteiger partial charge < -0.3 is 10.5 Å². The highest BCUT2D eigenvalue weighted by atomic mass is 79.9. The first-order valence-corrected chi connectivity index (χ1v) is 6.34. The molecule has 0 heterocycles. The summed E-state index contributed by atoms with van der Waals surface area (Å²) >= 11 is 3.65. The van der Waals surface area contributed by atoms with E-state index in [1.54, 1.807) is 7.11 Å². The Hall–Kier alpha value is -0.540. The molecule has 2 rings (SSSR count). The van der Waals surface area contributed by atoms with E-state index in [9.17, 15) is 0 Å². The van der Waals surface area contributed by atoms with E-state index in [1.807, 2.05) is 0 Å². The van der Waals surface area contributed by atoms with Crippen molar-refractivity contribution in [3.63, 3.8) is 0 Å². The van der Waals surface area contributed by atoms with Gasteiger partial charge in [0.05, 0.1) is 7.11 Å². The molecule has 0 unspecified atom stereocenters. The molecule has 16 heavy (non-hydrogen) atoms. The third-order valence-corrected chi connectivity index (χ3v) is 4.84. The molecular formula is C13H18BrNO. The first kappa shape index (κ1) is 11.9. The molecule has 0 saturated heterocycles. The molecule has 0 bridgehead atoms. The van der Waals surface area contributed by atoms with Crippen LogP contribution in [0.25, 0.3) is 0 Å². The fraction of sp³-hybridized carbons (Fsp3) is 0.538. The molecule has 2 nitrogen and oxygen atoms in total. The van der Waals surface area contributed by atoms with E-state index in [0.717, 1.165) is 23.1 Å². The van der Waals surface area contributed by atoms with Crippen LogP contribution in [0.3, 0.4) is 0 Å². The van der Waals surface area contributed by atoms with Crippen LogP contribution in [0.2, 0.25) is 0 Å². The normalized spacial score (nSPS) is 17.4.